The minimum absolute atomic E-state index is 0.0462. The van der Waals surface area contributed by atoms with Gasteiger partial charge in [0, 0.05) is 19.2 Å². The van der Waals surface area contributed by atoms with Crippen LogP contribution in [0.3, 0.4) is 0 Å². The molecule has 0 aliphatic carbocycles. The molecule has 1 aromatic heterocycles. The van der Waals surface area contributed by atoms with Crippen molar-refractivity contribution in [3.63, 3.8) is 0 Å². The van der Waals surface area contributed by atoms with Crippen LogP contribution in [0.5, 0.6) is 5.88 Å². The van der Waals surface area contributed by atoms with E-state index in [0.717, 1.165) is 23.0 Å². The maximum absolute atomic E-state index is 11.9. The number of ether oxygens (including phenoxy) is 1. The topological polar surface area (TPSA) is 56.1 Å². The molecule has 0 saturated heterocycles. The Morgan fingerprint density at radius 2 is 2.19 bits per heavy atom. The van der Waals surface area contributed by atoms with Crippen molar-refractivity contribution in [2.45, 2.75) is 33.6 Å². The highest BCUT2D eigenvalue weighted by molar-refractivity contribution is 5.95. The van der Waals surface area contributed by atoms with Crippen LogP contribution >= 0.6 is 0 Å². The van der Waals surface area contributed by atoms with Gasteiger partial charge in [0.25, 0.3) is 0 Å². The van der Waals surface area contributed by atoms with E-state index in [-0.39, 0.29) is 5.91 Å². The van der Waals surface area contributed by atoms with Crippen molar-refractivity contribution in [2.75, 3.05) is 11.9 Å². The maximum atomic E-state index is 11.9. The monoisotopic (exact) mass is 289 g/mol. The zero-order valence-electron chi connectivity index (χ0n) is 13.1. The van der Waals surface area contributed by atoms with Gasteiger partial charge in [-0.3, -0.25) is 9.48 Å². The molecule has 5 heteroatoms. The van der Waals surface area contributed by atoms with E-state index in [4.69, 9.17) is 4.74 Å². The number of anilines is 1. The summed E-state index contributed by atoms with van der Waals surface area (Å²) >= 11 is 0. The molecule has 0 aliphatic rings. The van der Waals surface area contributed by atoms with E-state index in [9.17, 15) is 4.79 Å². The fourth-order valence-electron chi connectivity index (χ4n) is 2.20. The molecule has 2 rings (SSSR count). The number of hydrogen-bond acceptors (Lipinski definition) is 3. The van der Waals surface area contributed by atoms with Crippen LogP contribution in [0.15, 0.2) is 18.2 Å². The van der Waals surface area contributed by atoms with Crippen LogP contribution < -0.4 is 10.1 Å². The lowest BCUT2D eigenvalue weighted by Gasteiger charge is -2.07. The van der Waals surface area contributed by atoms with Gasteiger partial charge in [0.2, 0.25) is 11.8 Å². The fraction of sp³-hybridized carbons (Fsp3) is 0.500. The first-order valence-corrected chi connectivity index (χ1v) is 7.40. The third-order valence-electron chi connectivity index (χ3n) is 3.33. The van der Waals surface area contributed by atoms with E-state index in [2.05, 4.69) is 24.3 Å². The standard InChI is InChI=1S/C16H23N3O2/c1-5-21-16-13-10-12(7-8-14(13)19(4)18-16)17-15(20)9-6-11(2)3/h7-8,10-11H,5-6,9H2,1-4H3,(H,17,20). The molecule has 0 spiro atoms. The number of carbonyl (C=O) groups is 1. The Morgan fingerprint density at radius 1 is 1.43 bits per heavy atom. The van der Waals surface area contributed by atoms with Crippen LogP contribution in [0.2, 0.25) is 0 Å². The first kappa shape index (κ1) is 15.4. The normalized spacial score (nSPS) is 11.1. The van der Waals surface area contributed by atoms with Crippen molar-refractivity contribution in [1.82, 2.24) is 9.78 Å². The highest BCUT2D eigenvalue weighted by Crippen LogP contribution is 2.27. The summed E-state index contributed by atoms with van der Waals surface area (Å²) in [6, 6.07) is 5.76. The van der Waals surface area contributed by atoms with Crippen LogP contribution in [0.4, 0.5) is 5.69 Å². The third kappa shape index (κ3) is 3.74. The molecule has 1 amide bonds. The van der Waals surface area contributed by atoms with E-state index in [0.29, 0.717) is 24.8 Å². The van der Waals surface area contributed by atoms with E-state index in [1.807, 2.05) is 32.2 Å². The second-order valence-corrected chi connectivity index (χ2v) is 5.57. The Hall–Kier alpha value is -2.04. The summed E-state index contributed by atoms with van der Waals surface area (Å²) in [5.41, 5.74) is 1.77. The Labute approximate surface area is 125 Å². The van der Waals surface area contributed by atoms with Crippen LogP contribution in [0, 0.1) is 5.92 Å². The van der Waals surface area contributed by atoms with E-state index >= 15 is 0 Å². The van der Waals surface area contributed by atoms with Gasteiger partial charge in [0.1, 0.15) is 0 Å². The van der Waals surface area contributed by atoms with E-state index < -0.39 is 0 Å². The lowest BCUT2D eigenvalue weighted by atomic mass is 10.1. The Bertz CT molecular complexity index is 632. The second-order valence-electron chi connectivity index (χ2n) is 5.57. The van der Waals surface area contributed by atoms with Gasteiger partial charge in [-0.25, -0.2) is 0 Å². The highest BCUT2D eigenvalue weighted by atomic mass is 16.5. The molecule has 114 valence electrons. The van der Waals surface area contributed by atoms with Crippen LogP contribution in [-0.4, -0.2) is 22.3 Å². The summed E-state index contributed by atoms with van der Waals surface area (Å²) in [5.74, 6) is 1.18. The summed E-state index contributed by atoms with van der Waals surface area (Å²) < 4.78 is 7.32. The van der Waals surface area contributed by atoms with Crippen molar-refractivity contribution < 1.29 is 9.53 Å². The van der Waals surface area contributed by atoms with Gasteiger partial charge in [-0.1, -0.05) is 13.8 Å². The van der Waals surface area contributed by atoms with Crippen molar-refractivity contribution in [3.8, 4) is 5.88 Å². The smallest absolute Gasteiger partial charge is 0.240 e. The number of carbonyl (C=O) groups excluding carboxylic acids is 1. The summed E-state index contributed by atoms with van der Waals surface area (Å²) in [4.78, 5) is 11.9. The van der Waals surface area contributed by atoms with Crippen molar-refractivity contribution in [1.29, 1.82) is 0 Å². The first-order chi connectivity index (χ1) is 10.0. The molecule has 0 atom stereocenters. The number of hydrogen-bond donors (Lipinski definition) is 1. The molecule has 5 nitrogen and oxygen atoms in total. The summed E-state index contributed by atoms with van der Waals surface area (Å²) in [6.07, 6.45) is 1.44. The van der Waals surface area contributed by atoms with E-state index in [1.165, 1.54) is 0 Å². The first-order valence-electron chi connectivity index (χ1n) is 7.40. The van der Waals surface area contributed by atoms with Crippen molar-refractivity contribution in [3.05, 3.63) is 18.2 Å². The molecular weight excluding hydrogens is 266 g/mol. The van der Waals surface area contributed by atoms with Gasteiger partial charge in [0.15, 0.2) is 0 Å². The maximum Gasteiger partial charge on any atom is 0.240 e. The Balaban J connectivity index is 2.18. The van der Waals surface area contributed by atoms with Gasteiger partial charge >= 0.3 is 0 Å². The number of nitrogens with zero attached hydrogens (tertiary/aromatic N) is 2. The zero-order valence-corrected chi connectivity index (χ0v) is 13.1. The molecule has 1 aromatic carbocycles. The Kier molecular flexibility index (Phi) is 4.83. The number of aromatic nitrogens is 2. The molecule has 0 saturated carbocycles. The molecule has 0 unspecified atom stereocenters. The molecular formula is C16H23N3O2. The van der Waals surface area contributed by atoms with Gasteiger partial charge < -0.3 is 10.1 Å². The largest absolute Gasteiger partial charge is 0.476 e. The average Bonchev–Trinajstić information content (AvgIpc) is 2.73. The molecule has 21 heavy (non-hydrogen) atoms. The highest BCUT2D eigenvalue weighted by Gasteiger charge is 2.11. The van der Waals surface area contributed by atoms with Gasteiger partial charge in [-0.2, -0.15) is 0 Å². The molecule has 0 fully saturated rings. The lowest BCUT2D eigenvalue weighted by molar-refractivity contribution is -0.116. The predicted octanol–water partition coefficient (Wildman–Crippen LogP) is 3.35. The number of amides is 1. The number of fused-ring (bicyclic) bond motifs is 1. The van der Waals surface area contributed by atoms with Crippen molar-refractivity contribution >= 4 is 22.5 Å². The predicted molar refractivity (Wildman–Crippen MR) is 84.6 cm³/mol. The molecule has 1 N–H and O–H groups in total. The van der Waals surface area contributed by atoms with Gasteiger partial charge in [-0.05, 0) is 37.5 Å². The summed E-state index contributed by atoms with van der Waals surface area (Å²) in [5, 5.41) is 8.20. The van der Waals surface area contributed by atoms with Crippen LogP contribution in [0.1, 0.15) is 33.6 Å². The average molecular weight is 289 g/mol. The number of benzene rings is 1. The number of aryl methyl sites for hydroxylation is 1. The molecule has 0 bridgehead atoms. The summed E-state index contributed by atoms with van der Waals surface area (Å²) in [7, 11) is 1.88. The van der Waals surface area contributed by atoms with Crippen LogP contribution in [-0.2, 0) is 11.8 Å². The van der Waals surface area contributed by atoms with Gasteiger partial charge in [0.05, 0.1) is 17.5 Å². The molecule has 0 aliphatic heterocycles. The minimum Gasteiger partial charge on any atom is -0.476 e. The molecule has 2 aromatic rings. The zero-order chi connectivity index (χ0) is 15.4. The van der Waals surface area contributed by atoms with Crippen LogP contribution in [0.25, 0.3) is 10.9 Å². The Morgan fingerprint density at radius 3 is 2.86 bits per heavy atom. The quantitative estimate of drug-likeness (QED) is 0.887. The number of nitrogens with one attached hydrogen (secondary N) is 1. The van der Waals surface area contributed by atoms with Gasteiger partial charge in [-0.15, -0.1) is 5.10 Å². The lowest BCUT2D eigenvalue weighted by Crippen LogP contribution is -2.12. The SMILES string of the molecule is CCOc1nn(C)c2ccc(NC(=O)CCC(C)C)cc12. The molecule has 1 heterocycles. The second kappa shape index (κ2) is 6.61. The van der Waals surface area contributed by atoms with Crippen molar-refractivity contribution in [2.24, 2.45) is 13.0 Å². The molecule has 0 radical (unpaired) electrons. The minimum atomic E-state index is 0.0462. The summed E-state index contributed by atoms with van der Waals surface area (Å²) in [6.45, 7) is 6.72. The fourth-order valence-corrected chi connectivity index (χ4v) is 2.20. The number of rotatable bonds is 6. The van der Waals surface area contributed by atoms with E-state index in [1.54, 1.807) is 4.68 Å². The third-order valence-corrected chi connectivity index (χ3v) is 3.33.